The highest BCUT2D eigenvalue weighted by Crippen LogP contribution is 2.34. The summed E-state index contributed by atoms with van der Waals surface area (Å²) < 4.78 is 0. The largest absolute Gasteiger partial charge is 0.333 e. The average Bonchev–Trinajstić information content (AvgIpc) is 3.28. The first-order valence-electron chi connectivity index (χ1n) is 8.78. The molecule has 2 aromatic rings. The molecule has 1 aliphatic heterocycles. The standard InChI is InChI=1S/C18H21ClN4O2S/c1-2-3-9-15(24)23-10-5-8-14(23)17-21-22-18(26-17)16(25)20-13-7-4-6-12(19)11-13/h4,6-7,11,14H,2-3,5,8-10H2,1H3,(H,20,25)/t14-/m1/s1. The van der Waals surface area contributed by atoms with E-state index in [9.17, 15) is 9.59 Å². The summed E-state index contributed by atoms with van der Waals surface area (Å²) in [5.41, 5.74) is 0.608. The van der Waals surface area contributed by atoms with Crippen LogP contribution in [0.2, 0.25) is 5.02 Å². The highest BCUT2D eigenvalue weighted by molar-refractivity contribution is 7.13. The zero-order valence-corrected chi connectivity index (χ0v) is 16.1. The lowest BCUT2D eigenvalue weighted by molar-refractivity contribution is -0.132. The van der Waals surface area contributed by atoms with Crippen LogP contribution in [-0.2, 0) is 4.79 Å². The van der Waals surface area contributed by atoms with Crippen LogP contribution in [0.3, 0.4) is 0 Å². The average molecular weight is 393 g/mol. The molecular weight excluding hydrogens is 372 g/mol. The molecule has 0 spiro atoms. The van der Waals surface area contributed by atoms with Crippen LogP contribution in [0.25, 0.3) is 0 Å². The molecule has 1 atom stereocenters. The van der Waals surface area contributed by atoms with Crippen molar-refractivity contribution in [3.63, 3.8) is 0 Å². The van der Waals surface area contributed by atoms with Crippen molar-refractivity contribution in [1.82, 2.24) is 15.1 Å². The normalized spacial score (nSPS) is 16.7. The molecule has 1 aromatic carbocycles. The number of rotatable bonds is 6. The van der Waals surface area contributed by atoms with E-state index < -0.39 is 0 Å². The summed E-state index contributed by atoms with van der Waals surface area (Å²) in [5.74, 6) is -0.160. The third-order valence-corrected chi connectivity index (χ3v) is 5.58. The van der Waals surface area contributed by atoms with Crippen molar-refractivity contribution in [2.24, 2.45) is 0 Å². The predicted octanol–water partition coefficient (Wildman–Crippen LogP) is 4.30. The number of hydrogen-bond acceptors (Lipinski definition) is 5. The molecule has 138 valence electrons. The fourth-order valence-corrected chi connectivity index (χ4v) is 4.08. The van der Waals surface area contributed by atoms with Crippen molar-refractivity contribution >= 4 is 40.4 Å². The third kappa shape index (κ3) is 4.40. The maximum Gasteiger partial charge on any atom is 0.286 e. The Morgan fingerprint density at radius 2 is 2.23 bits per heavy atom. The maximum atomic E-state index is 12.4. The number of carbonyl (C=O) groups excluding carboxylic acids is 2. The van der Waals surface area contributed by atoms with E-state index >= 15 is 0 Å². The summed E-state index contributed by atoms with van der Waals surface area (Å²) in [6.07, 6.45) is 4.27. The van der Waals surface area contributed by atoms with Crippen molar-refractivity contribution in [3.05, 3.63) is 39.3 Å². The van der Waals surface area contributed by atoms with Gasteiger partial charge >= 0.3 is 0 Å². The maximum absolute atomic E-state index is 12.4. The molecule has 2 amide bonds. The number of halogens is 1. The monoisotopic (exact) mass is 392 g/mol. The molecule has 1 saturated heterocycles. The molecule has 1 fully saturated rings. The number of unbranched alkanes of at least 4 members (excludes halogenated alkanes) is 1. The number of aromatic nitrogens is 2. The van der Waals surface area contributed by atoms with Crippen LogP contribution in [0.1, 0.15) is 59.9 Å². The molecule has 2 heterocycles. The van der Waals surface area contributed by atoms with Crippen molar-refractivity contribution < 1.29 is 9.59 Å². The second kappa shape index (κ2) is 8.60. The number of amides is 2. The molecule has 6 nitrogen and oxygen atoms in total. The Morgan fingerprint density at radius 3 is 3.00 bits per heavy atom. The second-order valence-electron chi connectivity index (χ2n) is 6.26. The summed E-state index contributed by atoms with van der Waals surface area (Å²) in [4.78, 5) is 26.7. The summed E-state index contributed by atoms with van der Waals surface area (Å²) >= 11 is 7.18. The number of hydrogen-bond donors (Lipinski definition) is 1. The van der Waals surface area contributed by atoms with Gasteiger partial charge in [0.2, 0.25) is 10.9 Å². The number of nitrogens with zero attached hydrogens (tertiary/aromatic N) is 3. The number of nitrogens with one attached hydrogen (secondary N) is 1. The highest BCUT2D eigenvalue weighted by atomic mass is 35.5. The van der Waals surface area contributed by atoms with Gasteiger partial charge in [0.15, 0.2) is 0 Å². The molecule has 0 saturated carbocycles. The Morgan fingerprint density at radius 1 is 1.38 bits per heavy atom. The molecule has 26 heavy (non-hydrogen) atoms. The van der Waals surface area contributed by atoms with E-state index in [1.165, 1.54) is 11.3 Å². The molecule has 0 bridgehead atoms. The Kier molecular flexibility index (Phi) is 6.21. The Labute approximate surface area is 161 Å². The van der Waals surface area contributed by atoms with Crippen LogP contribution in [0.4, 0.5) is 5.69 Å². The molecule has 8 heteroatoms. The first kappa shape index (κ1) is 18.8. The van der Waals surface area contributed by atoms with E-state index in [2.05, 4.69) is 22.4 Å². The van der Waals surface area contributed by atoms with Gasteiger partial charge in [-0.05, 0) is 37.5 Å². The lowest BCUT2D eigenvalue weighted by Gasteiger charge is -2.22. The molecule has 1 aromatic heterocycles. The van der Waals surface area contributed by atoms with Gasteiger partial charge in [-0.25, -0.2) is 0 Å². The zero-order chi connectivity index (χ0) is 18.5. The Balaban J connectivity index is 1.68. The van der Waals surface area contributed by atoms with Gasteiger partial charge in [-0.15, -0.1) is 10.2 Å². The lowest BCUT2D eigenvalue weighted by atomic mass is 10.2. The molecule has 3 rings (SSSR count). The van der Waals surface area contributed by atoms with Crippen LogP contribution in [0, 0.1) is 0 Å². The van der Waals surface area contributed by atoms with Gasteiger partial charge in [0.05, 0.1) is 6.04 Å². The number of likely N-dealkylation sites (tertiary alicyclic amines) is 1. The van der Waals surface area contributed by atoms with Gasteiger partial charge in [0.25, 0.3) is 5.91 Å². The molecular formula is C18H21ClN4O2S. The first-order valence-corrected chi connectivity index (χ1v) is 9.97. The molecule has 1 N–H and O–H groups in total. The van der Waals surface area contributed by atoms with E-state index in [0.717, 1.165) is 37.2 Å². The SMILES string of the molecule is CCCCC(=O)N1CCC[C@@H]1c1nnc(C(=O)Nc2cccc(Cl)c2)s1. The molecule has 0 aliphatic carbocycles. The van der Waals surface area contributed by atoms with E-state index in [1.807, 2.05) is 4.90 Å². The van der Waals surface area contributed by atoms with Gasteiger partial charge in [0, 0.05) is 23.7 Å². The van der Waals surface area contributed by atoms with Crippen molar-refractivity contribution in [2.75, 3.05) is 11.9 Å². The van der Waals surface area contributed by atoms with Gasteiger partial charge in [-0.3, -0.25) is 9.59 Å². The van der Waals surface area contributed by atoms with Gasteiger partial charge in [-0.2, -0.15) is 0 Å². The fourth-order valence-electron chi connectivity index (χ4n) is 3.01. The minimum Gasteiger partial charge on any atom is -0.333 e. The van der Waals surface area contributed by atoms with Crippen LogP contribution in [-0.4, -0.2) is 33.5 Å². The summed E-state index contributed by atoms with van der Waals surface area (Å²) in [7, 11) is 0. The Bertz CT molecular complexity index is 795. The smallest absolute Gasteiger partial charge is 0.286 e. The predicted molar refractivity (Wildman–Crippen MR) is 103 cm³/mol. The molecule has 1 aliphatic rings. The first-order chi connectivity index (χ1) is 12.6. The summed E-state index contributed by atoms with van der Waals surface area (Å²) in [6.45, 7) is 2.82. The van der Waals surface area contributed by atoms with E-state index in [1.54, 1.807) is 24.3 Å². The number of carbonyl (C=O) groups is 2. The Hall–Kier alpha value is -1.99. The highest BCUT2D eigenvalue weighted by Gasteiger charge is 2.32. The summed E-state index contributed by atoms with van der Waals surface area (Å²) in [6, 6.07) is 6.87. The molecule has 0 unspecified atom stereocenters. The minimum atomic E-state index is -0.321. The fraction of sp³-hybridized carbons (Fsp3) is 0.444. The van der Waals surface area contributed by atoms with Crippen LogP contribution < -0.4 is 5.32 Å². The van der Waals surface area contributed by atoms with Gasteiger partial charge < -0.3 is 10.2 Å². The third-order valence-electron chi connectivity index (χ3n) is 4.32. The second-order valence-corrected chi connectivity index (χ2v) is 7.70. The van der Waals surface area contributed by atoms with E-state index in [0.29, 0.717) is 17.1 Å². The lowest BCUT2D eigenvalue weighted by Crippen LogP contribution is -2.30. The molecule has 0 radical (unpaired) electrons. The minimum absolute atomic E-state index is 0.0652. The topological polar surface area (TPSA) is 75.2 Å². The quantitative estimate of drug-likeness (QED) is 0.795. The van der Waals surface area contributed by atoms with Crippen molar-refractivity contribution in [3.8, 4) is 0 Å². The van der Waals surface area contributed by atoms with Crippen molar-refractivity contribution in [1.29, 1.82) is 0 Å². The number of anilines is 1. The zero-order valence-electron chi connectivity index (χ0n) is 14.6. The summed E-state index contributed by atoms with van der Waals surface area (Å²) in [5, 5.41) is 12.5. The van der Waals surface area contributed by atoms with Gasteiger partial charge in [-0.1, -0.05) is 42.3 Å². The van der Waals surface area contributed by atoms with Crippen molar-refractivity contribution in [2.45, 2.75) is 45.1 Å². The van der Waals surface area contributed by atoms with Gasteiger partial charge in [0.1, 0.15) is 5.01 Å². The van der Waals surface area contributed by atoms with Crippen LogP contribution >= 0.6 is 22.9 Å². The van der Waals surface area contributed by atoms with Crippen LogP contribution in [0.5, 0.6) is 0 Å². The number of benzene rings is 1. The van der Waals surface area contributed by atoms with E-state index in [-0.39, 0.29) is 22.9 Å². The van der Waals surface area contributed by atoms with Crippen LogP contribution in [0.15, 0.2) is 24.3 Å². The van der Waals surface area contributed by atoms with E-state index in [4.69, 9.17) is 11.6 Å².